The summed E-state index contributed by atoms with van der Waals surface area (Å²) in [6, 6.07) is 18.7. The van der Waals surface area contributed by atoms with Crippen molar-refractivity contribution in [3.8, 4) is 0 Å². The first-order valence-electron chi connectivity index (χ1n) is 10.4. The normalized spacial score (nSPS) is 11.7. The van der Waals surface area contributed by atoms with Crippen LogP contribution in [0.2, 0.25) is 0 Å². The largest absolute Gasteiger partial charge is 0.382 e. The van der Waals surface area contributed by atoms with E-state index in [1.807, 2.05) is 74.5 Å². The lowest BCUT2D eigenvalue weighted by Gasteiger charge is -2.31. The monoisotopic (exact) mass is 396 g/mol. The molecule has 0 aliphatic heterocycles. The predicted molar refractivity (Wildman–Crippen MR) is 115 cm³/mol. The summed E-state index contributed by atoms with van der Waals surface area (Å²) < 4.78 is 5.34. The molecule has 0 spiro atoms. The zero-order chi connectivity index (χ0) is 20.9. The van der Waals surface area contributed by atoms with Crippen molar-refractivity contribution in [3.63, 3.8) is 0 Å². The van der Waals surface area contributed by atoms with Crippen LogP contribution in [0.3, 0.4) is 0 Å². The fraction of sp³-hybridized carbons (Fsp3) is 0.417. The number of carbonyl (C=O) groups is 2. The number of amides is 2. The molecule has 29 heavy (non-hydrogen) atoms. The Morgan fingerprint density at radius 1 is 1.00 bits per heavy atom. The van der Waals surface area contributed by atoms with Crippen molar-refractivity contribution < 1.29 is 14.3 Å². The van der Waals surface area contributed by atoms with Crippen molar-refractivity contribution in [2.45, 2.75) is 45.7 Å². The van der Waals surface area contributed by atoms with Crippen LogP contribution in [-0.4, -0.2) is 36.5 Å². The summed E-state index contributed by atoms with van der Waals surface area (Å²) in [4.78, 5) is 27.9. The minimum atomic E-state index is -0.664. The van der Waals surface area contributed by atoms with Crippen LogP contribution in [-0.2, 0) is 20.9 Å². The Balaban J connectivity index is 2.26. The van der Waals surface area contributed by atoms with Crippen LogP contribution in [0.25, 0.3) is 0 Å². The fourth-order valence-corrected chi connectivity index (χ4v) is 3.20. The Morgan fingerprint density at radius 2 is 1.66 bits per heavy atom. The molecule has 5 heteroatoms. The van der Waals surface area contributed by atoms with E-state index in [2.05, 4.69) is 5.32 Å². The van der Waals surface area contributed by atoms with Crippen LogP contribution in [0.1, 0.15) is 50.3 Å². The maximum atomic E-state index is 13.2. The molecule has 1 unspecified atom stereocenters. The Hall–Kier alpha value is -2.66. The number of nitrogens with one attached hydrogen (secondary N) is 1. The van der Waals surface area contributed by atoms with Gasteiger partial charge in [0, 0.05) is 32.7 Å². The first-order valence-corrected chi connectivity index (χ1v) is 10.4. The highest BCUT2D eigenvalue weighted by Crippen LogP contribution is 2.25. The summed E-state index contributed by atoms with van der Waals surface area (Å²) >= 11 is 0. The van der Waals surface area contributed by atoms with E-state index >= 15 is 0 Å². The van der Waals surface area contributed by atoms with Gasteiger partial charge in [-0.2, -0.15) is 0 Å². The third-order valence-corrected chi connectivity index (χ3v) is 4.62. The number of hydrogen-bond donors (Lipinski definition) is 1. The van der Waals surface area contributed by atoms with Gasteiger partial charge in [0.2, 0.25) is 11.8 Å². The molecule has 0 fully saturated rings. The summed E-state index contributed by atoms with van der Waals surface area (Å²) in [7, 11) is 0. The maximum Gasteiger partial charge on any atom is 0.247 e. The van der Waals surface area contributed by atoms with Gasteiger partial charge < -0.3 is 15.0 Å². The highest BCUT2D eigenvalue weighted by atomic mass is 16.5. The lowest BCUT2D eigenvalue weighted by atomic mass is 10.0. The van der Waals surface area contributed by atoms with Gasteiger partial charge in [0.25, 0.3) is 0 Å². The molecule has 2 aromatic carbocycles. The van der Waals surface area contributed by atoms with Crippen molar-refractivity contribution >= 4 is 11.8 Å². The average Bonchev–Trinajstić information content (AvgIpc) is 2.75. The maximum absolute atomic E-state index is 13.2. The Labute approximate surface area is 174 Å². The molecule has 0 aliphatic rings. The van der Waals surface area contributed by atoms with Crippen LogP contribution < -0.4 is 5.32 Å². The number of carbonyl (C=O) groups excluding carboxylic acids is 2. The van der Waals surface area contributed by atoms with Gasteiger partial charge >= 0.3 is 0 Å². The first-order chi connectivity index (χ1) is 14.2. The molecule has 2 rings (SSSR count). The second kappa shape index (κ2) is 12.7. The van der Waals surface area contributed by atoms with Crippen molar-refractivity contribution in [1.82, 2.24) is 10.2 Å². The first kappa shape index (κ1) is 22.6. The van der Waals surface area contributed by atoms with E-state index in [1.165, 1.54) is 0 Å². The Kier molecular flexibility index (Phi) is 9.93. The molecule has 156 valence electrons. The van der Waals surface area contributed by atoms with E-state index in [0.29, 0.717) is 32.7 Å². The van der Waals surface area contributed by atoms with Gasteiger partial charge in [0.05, 0.1) is 0 Å². The van der Waals surface area contributed by atoms with Crippen molar-refractivity contribution in [2.75, 3.05) is 19.8 Å². The summed E-state index contributed by atoms with van der Waals surface area (Å²) in [6.07, 6.45) is 1.89. The zero-order valence-electron chi connectivity index (χ0n) is 17.5. The third kappa shape index (κ3) is 7.35. The van der Waals surface area contributed by atoms with Gasteiger partial charge in [-0.1, -0.05) is 67.6 Å². The van der Waals surface area contributed by atoms with Crippen LogP contribution in [0.5, 0.6) is 0 Å². The standard InChI is InChI=1S/C24H32N2O3/c1-3-12-22(27)26(19-20-13-7-5-8-14-20)23(21-15-9-6-10-16-21)24(28)25-17-11-18-29-4-2/h5-10,13-16,23H,3-4,11-12,17-19H2,1-2H3,(H,25,28). The van der Waals surface area contributed by atoms with E-state index in [-0.39, 0.29) is 11.8 Å². The number of benzene rings is 2. The van der Waals surface area contributed by atoms with E-state index in [9.17, 15) is 9.59 Å². The van der Waals surface area contributed by atoms with Crippen molar-refractivity contribution in [2.24, 2.45) is 0 Å². The highest BCUT2D eigenvalue weighted by molar-refractivity contribution is 5.88. The van der Waals surface area contributed by atoms with Crippen molar-refractivity contribution in [3.05, 3.63) is 71.8 Å². The minimum Gasteiger partial charge on any atom is -0.382 e. The number of hydrogen-bond acceptors (Lipinski definition) is 3. The highest BCUT2D eigenvalue weighted by Gasteiger charge is 2.30. The van der Waals surface area contributed by atoms with Crippen LogP contribution in [0, 0.1) is 0 Å². The quantitative estimate of drug-likeness (QED) is 0.550. The molecule has 0 heterocycles. The fourth-order valence-electron chi connectivity index (χ4n) is 3.20. The molecule has 5 nitrogen and oxygen atoms in total. The van der Waals surface area contributed by atoms with Gasteiger partial charge in [-0.25, -0.2) is 0 Å². The summed E-state index contributed by atoms with van der Waals surface area (Å²) in [6.45, 7) is 6.11. The predicted octanol–water partition coefficient (Wildman–Crippen LogP) is 4.10. The molecule has 0 saturated carbocycles. The summed E-state index contributed by atoms with van der Waals surface area (Å²) in [5.74, 6) is -0.178. The van der Waals surface area contributed by atoms with Gasteiger partial charge in [0.15, 0.2) is 0 Å². The molecule has 0 radical (unpaired) electrons. The lowest BCUT2D eigenvalue weighted by Crippen LogP contribution is -2.43. The molecule has 2 amide bonds. The third-order valence-electron chi connectivity index (χ3n) is 4.62. The lowest BCUT2D eigenvalue weighted by molar-refractivity contribution is -0.141. The van der Waals surface area contributed by atoms with E-state index in [0.717, 1.165) is 24.0 Å². The SMILES string of the molecule is CCCC(=O)N(Cc1ccccc1)C(C(=O)NCCCOCC)c1ccccc1. The number of ether oxygens (including phenoxy) is 1. The zero-order valence-corrected chi connectivity index (χ0v) is 17.5. The smallest absolute Gasteiger partial charge is 0.247 e. The van der Waals surface area contributed by atoms with Crippen LogP contribution >= 0.6 is 0 Å². The summed E-state index contributed by atoms with van der Waals surface area (Å²) in [5.41, 5.74) is 1.82. The molecule has 1 atom stereocenters. The number of nitrogens with zero attached hydrogens (tertiary/aromatic N) is 1. The van der Waals surface area contributed by atoms with Gasteiger partial charge in [-0.3, -0.25) is 9.59 Å². The van der Waals surface area contributed by atoms with E-state index in [4.69, 9.17) is 4.74 Å². The molecule has 0 aromatic heterocycles. The summed E-state index contributed by atoms with van der Waals surface area (Å²) in [5, 5.41) is 2.99. The van der Waals surface area contributed by atoms with Gasteiger partial charge in [-0.15, -0.1) is 0 Å². The molecule has 1 N–H and O–H groups in total. The van der Waals surface area contributed by atoms with E-state index in [1.54, 1.807) is 4.90 Å². The second-order valence-electron chi connectivity index (χ2n) is 6.91. The topological polar surface area (TPSA) is 58.6 Å². The van der Waals surface area contributed by atoms with Crippen LogP contribution in [0.15, 0.2) is 60.7 Å². The Bertz CT molecular complexity index is 734. The Morgan fingerprint density at radius 3 is 2.28 bits per heavy atom. The average molecular weight is 397 g/mol. The van der Waals surface area contributed by atoms with Crippen LogP contribution in [0.4, 0.5) is 0 Å². The molecule has 2 aromatic rings. The second-order valence-corrected chi connectivity index (χ2v) is 6.91. The van der Waals surface area contributed by atoms with Crippen molar-refractivity contribution in [1.29, 1.82) is 0 Å². The van der Waals surface area contributed by atoms with E-state index < -0.39 is 6.04 Å². The minimum absolute atomic E-state index is 0.0188. The molecule has 0 aliphatic carbocycles. The number of rotatable bonds is 12. The molecule has 0 bridgehead atoms. The molecular formula is C24H32N2O3. The van der Waals surface area contributed by atoms with Gasteiger partial charge in [0.1, 0.15) is 6.04 Å². The van der Waals surface area contributed by atoms with Gasteiger partial charge in [-0.05, 0) is 30.9 Å². The molecule has 0 saturated heterocycles. The molecular weight excluding hydrogens is 364 g/mol.